The molecule has 4 nitrogen and oxygen atoms in total. The van der Waals surface area contributed by atoms with E-state index >= 15 is 0 Å². The van der Waals surface area contributed by atoms with Crippen LogP contribution in [0.25, 0.3) is 11.1 Å². The number of hydrogen-bond acceptors (Lipinski definition) is 3. The number of aryl methyl sites for hydroxylation is 2. The molecule has 0 aromatic heterocycles. The van der Waals surface area contributed by atoms with Crippen LogP contribution in [0, 0.1) is 13.8 Å². The third-order valence-electron chi connectivity index (χ3n) is 4.23. The Hall–Kier alpha value is -2.49. The SMILES string of the molecule is CCCOc1c(C)cc(-c2ccc(OCC(=O)O)c(C(C)C)c2)cc1C. The summed E-state index contributed by atoms with van der Waals surface area (Å²) in [4.78, 5) is 10.8. The molecule has 0 aliphatic carbocycles. The quantitative estimate of drug-likeness (QED) is 0.693. The number of aliphatic carboxylic acids is 1. The predicted octanol–water partition coefficient (Wildman–Crippen LogP) is 5.35. The monoisotopic (exact) mass is 356 g/mol. The van der Waals surface area contributed by atoms with Gasteiger partial charge in [-0.25, -0.2) is 4.79 Å². The van der Waals surface area contributed by atoms with Crippen molar-refractivity contribution in [2.75, 3.05) is 13.2 Å². The molecule has 2 rings (SSSR count). The van der Waals surface area contributed by atoms with E-state index in [9.17, 15) is 4.79 Å². The summed E-state index contributed by atoms with van der Waals surface area (Å²) in [5, 5.41) is 8.85. The molecule has 2 aromatic rings. The molecule has 0 amide bonds. The van der Waals surface area contributed by atoms with E-state index in [0.29, 0.717) is 12.4 Å². The van der Waals surface area contributed by atoms with Gasteiger partial charge in [-0.1, -0.05) is 26.8 Å². The Morgan fingerprint density at radius 3 is 2.23 bits per heavy atom. The molecule has 0 saturated heterocycles. The summed E-state index contributed by atoms with van der Waals surface area (Å²) in [6, 6.07) is 10.2. The molecular weight excluding hydrogens is 328 g/mol. The summed E-state index contributed by atoms with van der Waals surface area (Å²) < 4.78 is 11.3. The number of ether oxygens (including phenoxy) is 2. The number of rotatable bonds is 8. The standard InChI is InChI=1S/C22H28O4/c1-6-9-25-22-15(4)10-18(11-16(22)5)17-7-8-20(26-13-21(23)24)19(12-17)14(2)3/h7-8,10-12,14H,6,9,13H2,1-5H3,(H,23,24). The van der Waals surface area contributed by atoms with Crippen molar-refractivity contribution in [3.8, 4) is 22.6 Å². The van der Waals surface area contributed by atoms with Gasteiger partial charge in [-0.2, -0.15) is 0 Å². The van der Waals surface area contributed by atoms with E-state index in [1.54, 1.807) is 0 Å². The molecule has 0 aliphatic rings. The van der Waals surface area contributed by atoms with Crippen LogP contribution in [-0.2, 0) is 4.79 Å². The van der Waals surface area contributed by atoms with E-state index in [4.69, 9.17) is 14.6 Å². The molecule has 0 fully saturated rings. The normalized spacial score (nSPS) is 10.8. The van der Waals surface area contributed by atoms with Crippen molar-refractivity contribution >= 4 is 5.97 Å². The number of carboxylic acid groups (broad SMARTS) is 1. The van der Waals surface area contributed by atoms with Crippen LogP contribution in [0.1, 0.15) is 49.8 Å². The number of carbonyl (C=O) groups is 1. The molecule has 4 heteroatoms. The van der Waals surface area contributed by atoms with Gasteiger partial charge >= 0.3 is 5.97 Å². The van der Waals surface area contributed by atoms with E-state index in [0.717, 1.165) is 40.0 Å². The molecule has 2 aromatic carbocycles. The first kappa shape index (κ1) is 19.8. The van der Waals surface area contributed by atoms with Crippen LogP contribution in [0.5, 0.6) is 11.5 Å². The summed E-state index contributed by atoms with van der Waals surface area (Å²) in [6.45, 7) is 10.8. The lowest BCUT2D eigenvalue weighted by Crippen LogP contribution is -2.11. The summed E-state index contributed by atoms with van der Waals surface area (Å²) in [6.07, 6.45) is 0.982. The maximum atomic E-state index is 10.8. The van der Waals surface area contributed by atoms with Crippen LogP contribution < -0.4 is 9.47 Å². The van der Waals surface area contributed by atoms with Crippen LogP contribution in [0.3, 0.4) is 0 Å². The molecule has 140 valence electrons. The largest absolute Gasteiger partial charge is 0.493 e. The molecular formula is C22H28O4. The van der Waals surface area contributed by atoms with Crippen LogP contribution in [-0.4, -0.2) is 24.3 Å². The van der Waals surface area contributed by atoms with E-state index < -0.39 is 5.97 Å². The van der Waals surface area contributed by atoms with Crippen LogP contribution >= 0.6 is 0 Å². The van der Waals surface area contributed by atoms with Gasteiger partial charge in [-0.05, 0) is 78.3 Å². The Morgan fingerprint density at radius 2 is 1.69 bits per heavy atom. The fourth-order valence-corrected chi connectivity index (χ4v) is 3.00. The Balaban J connectivity index is 2.39. The van der Waals surface area contributed by atoms with Gasteiger partial charge in [0.1, 0.15) is 11.5 Å². The van der Waals surface area contributed by atoms with Crippen molar-refractivity contribution in [3.63, 3.8) is 0 Å². The molecule has 0 aliphatic heterocycles. The highest BCUT2D eigenvalue weighted by Crippen LogP contribution is 2.35. The lowest BCUT2D eigenvalue weighted by atomic mass is 9.94. The highest BCUT2D eigenvalue weighted by Gasteiger charge is 2.13. The highest BCUT2D eigenvalue weighted by molar-refractivity contribution is 5.70. The molecule has 0 atom stereocenters. The third-order valence-corrected chi connectivity index (χ3v) is 4.23. The zero-order valence-electron chi connectivity index (χ0n) is 16.3. The van der Waals surface area contributed by atoms with Gasteiger partial charge in [0, 0.05) is 0 Å². The van der Waals surface area contributed by atoms with Crippen molar-refractivity contribution in [2.45, 2.75) is 47.0 Å². The predicted molar refractivity (Wildman–Crippen MR) is 104 cm³/mol. The summed E-state index contributed by atoms with van der Waals surface area (Å²) in [5.41, 5.74) is 5.45. The minimum atomic E-state index is -0.974. The second-order valence-corrected chi connectivity index (χ2v) is 6.88. The first-order valence-electron chi connectivity index (χ1n) is 9.06. The van der Waals surface area contributed by atoms with Crippen LogP contribution in [0.15, 0.2) is 30.3 Å². The Bertz CT molecular complexity index is 755. The van der Waals surface area contributed by atoms with Crippen LogP contribution in [0.4, 0.5) is 0 Å². The lowest BCUT2D eigenvalue weighted by Gasteiger charge is -2.17. The van der Waals surface area contributed by atoms with Crippen molar-refractivity contribution in [1.82, 2.24) is 0 Å². The van der Waals surface area contributed by atoms with Crippen LogP contribution in [0.2, 0.25) is 0 Å². The fraction of sp³-hybridized carbons (Fsp3) is 0.409. The maximum absolute atomic E-state index is 10.8. The minimum absolute atomic E-state index is 0.230. The lowest BCUT2D eigenvalue weighted by molar-refractivity contribution is -0.139. The van der Waals surface area contributed by atoms with E-state index in [1.807, 2.05) is 12.1 Å². The van der Waals surface area contributed by atoms with Crippen molar-refractivity contribution < 1.29 is 19.4 Å². The van der Waals surface area contributed by atoms with Gasteiger partial charge in [-0.15, -0.1) is 0 Å². The second kappa shape index (κ2) is 8.75. The molecule has 0 radical (unpaired) electrons. The third kappa shape index (κ3) is 4.78. The van der Waals surface area contributed by atoms with Gasteiger partial charge in [0.25, 0.3) is 0 Å². The van der Waals surface area contributed by atoms with Gasteiger partial charge in [0.15, 0.2) is 6.61 Å². The topological polar surface area (TPSA) is 55.8 Å². The summed E-state index contributed by atoms with van der Waals surface area (Å²) in [7, 11) is 0. The van der Waals surface area contributed by atoms with Crippen molar-refractivity contribution in [1.29, 1.82) is 0 Å². The molecule has 1 N–H and O–H groups in total. The number of hydrogen-bond donors (Lipinski definition) is 1. The maximum Gasteiger partial charge on any atom is 0.341 e. The van der Waals surface area contributed by atoms with Gasteiger partial charge in [0.05, 0.1) is 6.61 Å². The summed E-state index contributed by atoms with van der Waals surface area (Å²) in [5.74, 6) is 0.842. The first-order chi connectivity index (χ1) is 12.3. The average Bonchev–Trinajstić information content (AvgIpc) is 2.58. The first-order valence-corrected chi connectivity index (χ1v) is 9.06. The smallest absolute Gasteiger partial charge is 0.341 e. The van der Waals surface area contributed by atoms with Gasteiger partial charge in [-0.3, -0.25) is 0 Å². The van der Waals surface area contributed by atoms with E-state index in [-0.39, 0.29) is 12.5 Å². The zero-order chi connectivity index (χ0) is 19.3. The average molecular weight is 356 g/mol. The molecule has 26 heavy (non-hydrogen) atoms. The molecule has 0 heterocycles. The molecule has 0 bridgehead atoms. The summed E-state index contributed by atoms with van der Waals surface area (Å²) >= 11 is 0. The van der Waals surface area contributed by atoms with Crippen molar-refractivity contribution in [2.24, 2.45) is 0 Å². The molecule has 0 spiro atoms. The minimum Gasteiger partial charge on any atom is -0.493 e. The Kier molecular flexibility index (Phi) is 6.67. The molecule has 0 unspecified atom stereocenters. The Morgan fingerprint density at radius 1 is 1.04 bits per heavy atom. The number of carboxylic acids is 1. The zero-order valence-corrected chi connectivity index (χ0v) is 16.3. The van der Waals surface area contributed by atoms with Crippen molar-refractivity contribution in [3.05, 3.63) is 47.0 Å². The molecule has 0 saturated carbocycles. The van der Waals surface area contributed by atoms with E-state index in [2.05, 4.69) is 52.8 Å². The number of benzene rings is 2. The van der Waals surface area contributed by atoms with Gasteiger partial charge < -0.3 is 14.6 Å². The van der Waals surface area contributed by atoms with E-state index in [1.165, 1.54) is 0 Å². The highest BCUT2D eigenvalue weighted by atomic mass is 16.5. The Labute approximate surface area is 155 Å². The van der Waals surface area contributed by atoms with Gasteiger partial charge in [0.2, 0.25) is 0 Å². The fourth-order valence-electron chi connectivity index (χ4n) is 3.00. The second-order valence-electron chi connectivity index (χ2n) is 6.88.